The summed E-state index contributed by atoms with van der Waals surface area (Å²) in [7, 11) is 1.58. The van der Waals surface area contributed by atoms with E-state index < -0.39 is 17.6 Å². The fourth-order valence-electron chi connectivity index (χ4n) is 5.61. The highest BCUT2D eigenvalue weighted by Crippen LogP contribution is 2.33. The predicted octanol–water partition coefficient (Wildman–Crippen LogP) is 5.48. The molecule has 4 rings (SSSR count). The van der Waals surface area contributed by atoms with Crippen LogP contribution in [0.2, 0.25) is 0 Å². The normalized spacial score (nSPS) is 17.8. The summed E-state index contributed by atoms with van der Waals surface area (Å²) in [5, 5.41) is 0. The number of carbonyl (C=O) groups is 2. The van der Waals surface area contributed by atoms with Gasteiger partial charge in [0.1, 0.15) is 5.82 Å². The number of likely N-dealkylation sites (N-methyl/N-ethyl adjacent to an activating group) is 1. The summed E-state index contributed by atoms with van der Waals surface area (Å²) in [5.41, 5.74) is -0.0598. The predicted molar refractivity (Wildman–Crippen MR) is 153 cm³/mol. The Balaban J connectivity index is 1.34. The number of hydrogen-bond donors (Lipinski definition) is 0. The topological polar surface area (TPSA) is 47.1 Å². The van der Waals surface area contributed by atoms with Crippen molar-refractivity contribution in [3.8, 4) is 0 Å². The van der Waals surface area contributed by atoms with Crippen LogP contribution in [0.15, 0.2) is 46.9 Å². The molecule has 41 heavy (non-hydrogen) atoms. The van der Waals surface area contributed by atoms with E-state index in [1.165, 1.54) is 23.1 Å². The van der Waals surface area contributed by atoms with Crippen LogP contribution in [0.3, 0.4) is 0 Å². The average Bonchev–Trinajstić information content (AvgIpc) is 2.91. The minimum Gasteiger partial charge on any atom is -0.341 e. The summed E-state index contributed by atoms with van der Waals surface area (Å²) < 4.78 is 53.8. The molecule has 2 heterocycles. The first-order valence-corrected chi connectivity index (χ1v) is 14.9. The van der Waals surface area contributed by atoms with Crippen LogP contribution in [0.25, 0.3) is 0 Å². The number of nitrogens with zero attached hydrogens (tertiary/aromatic N) is 4. The van der Waals surface area contributed by atoms with Gasteiger partial charge < -0.3 is 14.7 Å². The highest BCUT2D eigenvalue weighted by atomic mass is 79.9. The molecule has 2 fully saturated rings. The molecular weight excluding hydrogens is 604 g/mol. The molecule has 224 valence electrons. The molecule has 0 bridgehead atoms. The Labute approximate surface area is 247 Å². The minimum atomic E-state index is -4.57. The fraction of sp³-hybridized carbons (Fsp3) is 0.533. The maximum atomic E-state index is 13.6. The molecule has 2 aromatic carbocycles. The van der Waals surface area contributed by atoms with Gasteiger partial charge in [-0.25, -0.2) is 4.39 Å². The third-order valence-electron chi connectivity index (χ3n) is 8.03. The van der Waals surface area contributed by atoms with Crippen molar-refractivity contribution < 1.29 is 27.2 Å². The molecule has 1 atom stereocenters. The summed E-state index contributed by atoms with van der Waals surface area (Å²) in [6.45, 7) is 8.22. The number of piperazine rings is 1. The second-order valence-electron chi connectivity index (χ2n) is 11.0. The molecule has 0 N–H and O–H groups in total. The van der Waals surface area contributed by atoms with Crippen LogP contribution in [0, 0.1) is 5.82 Å². The SMILES string of the molecule is CCCC(=O)N1CCN(C2CN(CCC(CN(C)C(=O)c3cc(Br)cc(C(F)(F)F)c3)c3ccc(F)cc3)C2)CC1. The van der Waals surface area contributed by atoms with Crippen LogP contribution in [0.4, 0.5) is 17.6 Å². The van der Waals surface area contributed by atoms with Gasteiger partial charge in [0.2, 0.25) is 5.91 Å². The van der Waals surface area contributed by atoms with Gasteiger partial charge in [-0.3, -0.25) is 14.5 Å². The van der Waals surface area contributed by atoms with Crippen LogP contribution in [0.1, 0.15) is 53.6 Å². The van der Waals surface area contributed by atoms with Crippen molar-refractivity contribution in [1.29, 1.82) is 0 Å². The number of benzene rings is 2. The van der Waals surface area contributed by atoms with Crippen molar-refractivity contribution >= 4 is 27.7 Å². The summed E-state index contributed by atoms with van der Waals surface area (Å²) >= 11 is 3.09. The Hall–Kier alpha value is -2.50. The van der Waals surface area contributed by atoms with Gasteiger partial charge >= 0.3 is 6.18 Å². The van der Waals surface area contributed by atoms with E-state index in [1.54, 1.807) is 19.2 Å². The summed E-state index contributed by atoms with van der Waals surface area (Å²) in [6.07, 6.45) is -2.39. The average molecular weight is 642 g/mol. The van der Waals surface area contributed by atoms with Gasteiger partial charge in [-0.15, -0.1) is 0 Å². The van der Waals surface area contributed by atoms with E-state index >= 15 is 0 Å². The number of halogens is 5. The zero-order valence-electron chi connectivity index (χ0n) is 23.5. The molecule has 0 aliphatic carbocycles. The maximum Gasteiger partial charge on any atom is 0.416 e. The van der Waals surface area contributed by atoms with Gasteiger partial charge in [-0.1, -0.05) is 35.0 Å². The second-order valence-corrected chi connectivity index (χ2v) is 11.9. The minimum absolute atomic E-state index is 0.0471. The molecule has 0 radical (unpaired) electrons. The van der Waals surface area contributed by atoms with Crippen LogP contribution in [-0.4, -0.2) is 96.9 Å². The first-order valence-electron chi connectivity index (χ1n) is 14.1. The zero-order chi connectivity index (χ0) is 29.7. The molecule has 6 nitrogen and oxygen atoms in total. The molecule has 2 aliphatic heterocycles. The van der Waals surface area contributed by atoms with Crippen molar-refractivity contribution in [1.82, 2.24) is 19.6 Å². The molecule has 2 aromatic rings. The lowest BCUT2D eigenvalue weighted by Gasteiger charge is -2.48. The van der Waals surface area contributed by atoms with E-state index in [-0.39, 0.29) is 34.2 Å². The van der Waals surface area contributed by atoms with Crippen LogP contribution in [-0.2, 0) is 11.0 Å². The van der Waals surface area contributed by atoms with Crippen molar-refractivity contribution in [2.24, 2.45) is 0 Å². The first kappa shape index (κ1) is 31.4. The van der Waals surface area contributed by atoms with Crippen molar-refractivity contribution in [3.63, 3.8) is 0 Å². The third-order valence-corrected chi connectivity index (χ3v) is 8.49. The van der Waals surface area contributed by atoms with E-state index in [1.807, 2.05) is 11.8 Å². The zero-order valence-corrected chi connectivity index (χ0v) is 25.1. The molecule has 2 amide bonds. The number of carbonyl (C=O) groups excluding carboxylic acids is 2. The first-order chi connectivity index (χ1) is 19.4. The standard InChI is InChI=1S/C30H37BrF4N4O2/c1-3-4-28(40)39-13-11-38(12-14-39)27-19-37(20-27)10-9-22(21-5-7-26(32)8-6-21)18-36(2)29(41)23-15-24(30(33,34)35)17-25(31)16-23/h5-8,15-17,22,27H,3-4,9-14,18-20H2,1-2H3. The molecule has 0 spiro atoms. The van der Waals surface area contributed by atoms with Crippen molar-refractivity contribution in [2.75, 3.05) is 59.4 Å². The maximum absolute atomic E-state index is 13.6. The summed E-state index contributed by atoms with van der Waals surface area (Å²) in [6, 6.07) is 9.85. The highest BCUT2D eigenvalue weighted by molar-refractivity contribution is 9.10. The molecule has 2 aliphatic rings. The number of amides is 2. The Morgan fingerprint density at radius 2 is 1.71 bits per heavy atom. The Morgan fingerprint density at radius 1 is 1.05 bits per heavy atom. The van der Waals surface area contributed by atoms with Crippen LogP contribution >= 0.6 is 15.9 Å². The van der Waals surface area contributed by atoms with E-state index in [9.17, 15) is 27.2 Å². The largest absolute Gasteiger partial charge is 0.416 e. The van der Waals surface area contributed by atoms with Crippen LogP contribution < -0.4 is 0 Å². The van der Waals surface area contributed by atoms with E-state index in [4.69, 9.17) is 0 Å². The van der Waals surface area contributed by atoms with Crippen LogP contribution in [0.5, 0.6) is 0 Å². The van der Waals surface area contributed by atoms with Crippen molar-refractivity contribution in [2.45, 2.75) is 44.3 Å². The quantitative estimate of drug-likeness (QED) is 0.323. The molecule has 2 saturated heterocycles. The van der Waals surface area contributed by atoms with Gasteiger partial charge in [0, 0.05) is 81.3 Å². The third kappa shape index (κ3) is 8.29. The Kier molecular flexibility index (Phi) is 10.5. The lowest BCUT2D eigenvalue weighted by Crippen LogP contribution is -2.63. The molecular formula is C30H37BrF4N4O2. The lowest BCUT2D eigenvalue weighted by molar-refractivity contribution is -0.137. The van der Waals surface area contributed by atoms with E-state index in [2.05, 4.69) is 25.7 Å². The van der Waals surface area contributed by atoms with Gasteiger partial charge in [-0.2, -0.15) is 13.2 Å². The van der Waals surface area contributed by atoms with Gasteiger partial charge in [0.25, 0.3) is 5.91 Å². The number of likely N-dealkylation sites (tertiary alicyclic amines) is 1. The monoisotopic (exact) mass is 640 g/mol. The number of hydrogen-bond acceptors (Lipinski definition) is 4. The molecule has 11 heteroatoms. The van der Waals surface area contributed by atoms with Crippen molar-refractivity contribution in [3.05, 3.63) is 69.4 Å². The molecule has 0 aromatic heterocycles. The fourth-order valence-corrected chi connectivity index (χ4v) is 6.11. The van der Waals surface area contributed by atoms with Gasteiger partial charge in [-0.05, 0) is 55.3 Å². The number of rotatable bonds is 10. The van der Waals surface area contributed by atoms with Gasteiger partial charge in [0.15, 0.2) is 0 Å². The second kappa shape index (κ2) is 13.6. The molecule has 0 saturated carbocycles. The smallest absolute Gasteiger partial charge is 0.341 e. The van der Waals surface area contributed by atoms with E-state index in [0.29, 0.717) is 18.9 Å². The Bertz CT molecular complexity index is 1200. The summed E-state index contributed by atoms with van der Waals surface area (Å²) in [5.74, 6) is -0.748. The summed E-state index contributed by atoms with van der Waals surface area (Å²) in [4.78, 5) is 33.5. The van der Waals surface area contributed by atoms with Gasteiger partial charge in [0.05, 0.1) is 5.56 Å². The number of alkyl halides is 3. The van der Waals surface area contributed by atoms with E-state index in [0.717, 1.165) is 69.9 Å². The Morgan fingerprint density at radius 3 is 2.32 bits per heavy atom. The molecule has 1 unspecified atom stereocenters. The highest BCUT2D eigenvalue weighted by Gasteiger charge is 2.35. The lowest BCUT2D eigenvalue weighted by atomic mass is 9.93.